The molecule has 2 aromatic rings. The first kappa shape index (κ1) is 56.3. The van der Waals surface area contributed by atoms with E-state index in [1.807, 2.05) is 0 Å². The van der Waals surface area contributed by atoms with E-state index in [1.54, 1.807) is 24.3 Å². The molecule has 0 spiro atoms. The average molecular weight is 1000 g/mol. The molecule has 0 aromatic heterocycles. The third kappa shape index (κ3) is 14.5. The van der Waals surface area contributed by atoms with Gasteiger partial charge in [-0.2, -0.15) is 0 Å². The highest BCUT2D eigenvalue weighted by molar-refractivity contribution is 5.98. The number of carbonyl (C=O) groups is 6. The van der Waals surface area contributed by atoms with E-state index in [4.69, 9.17) is 4.74 Å². The van der Waals surface area contributed by atoms with E-state index in [0.717, 1.165) is 55.8 Å². The zero-order valence-corrected chi connectivity index (χ0v) is 40.3. The molecule has 0 saturated carbocycles. The highest BCUT2D eigenvalue weighted by Crippen LogP contribution is 2.28. The fraction of sp³-hybridized carbons (Fsp3) is 0.625. The van der Waals surface area contributed by atoms with Gasteiger partial charge >= 0.3 is 0 Å². The second-order valence-electron chi connectivity index (χ2n) is 18.9. The number of rotatable bonds is 15. The van der Waals surface area contributed by atoms with Crippen LogP contribution in [0.25, 0.3) is 0 Å². The molecule has 14 N–H and O–H groups in total. The standard InChI is InChI=1S/C48H71N7O16/c1-5-6-7-8-9-10-19-71-31-17-13-28(14-18-31)49-32-21-34(60)44(66)53-46(68)38-39(61)24(2)22-55(38)48(70)36(26(4)57)51-45(67)37(41(63)40(62)27-11-15-29(58)16-12-27)52-43(65)33-20-30(59)23-54(33)47(69)35(25(3)56)50-42(32)64/h11-18,24-26,30,32-41,44,49,56-63,66H,5-10,19-23H2,1-4H3,(H,50,64)(H,51,67)(H,52,65)(H,53,68)/t24-,25+,26+,30+,32-,33-,34+,35-,36-,37-,38-,39-,40-,41-,44+/m0/s1. The third-order valence-electron chi connectivity index (χ3n) is 13.1. The molecule has 0 bridgehead atoms. The Kier molecular flexibility index (Phi) is 20.3. The molecule has 3 saturated heterocycles. The summed E-state index contributed by atoms with van der Waals surface area (Å²) < 4.78 is 5.87. The van der Waals surface area contributed by atoms with Gasteiger partial charge in [0, 0.05) is 37.5 Å². The van der Waals surface area contributed by atoms with Gasteiger partial charge in [-0.05, 0) is 62.2 Å². The van der Waals surface area contributed by atoms with E-state index in [1.165, 1.54) is 37.6 Å². The molecule has 71 heavy (non-hydrogen) atoms. The lowest BCUT2D eigenvalue weighted by Crippen LogP contribution is -2.64. The van der Waals surface area contributed by atoms with E-state index in [2.05, 4.69) is 33.5 Å². The van der Waals surface area contributed by atoms with Gasteiger partial charge in [-0.15, -0.1) is 0 Å². The van der Waals surface area contributed by atoms with Crippen molar-refractivity contribution in [3.8, 4) is 11.5 Å². The minimum atomic E-state index is -2.26. The van der Waals surface area contributed by atoms with Gasteiger partial charge < -0.3 is 87.1 Å². The largest absolute Gasteiger partial charge is 0.508 e. The quantitative estimate of drug-likeness (QED) is 0.0827. The molecule has 15 atom stereocenters. The summed E-state index contributed by atoms with van der Waals surface area (Å²) in [5.41, 5.74) is 0.248. The number of nitrogens with one attached hydrogen (secondary N) is 5. The van der Waals surface area contributed by atoms with Gasteiger partial charge in [0.05, 0.1) is 31.0 Å². The summed E-state index contributed by atoms with van der Waals surface area (Å²) >= 11 is 0. The smallest absolute Gasteiger partial charge is 0.248 e. The molecule has 6 amide bonds. The molecule has 3 aliphatic rings. The van der Waals surface area contributed by atoms with Crippen molar-refractivity contribution >= 4 is 41.1 Å². The van der Waals surface area contributed by atoms with E-state index in [9.17, 15) is 74.7 Å². The molecule has 0 radical (unpaired) electrons. The van der Waals surface area contributed by atoms with Crippen molar-refractivity contribution in [3.63, 3.8) is 0 Å². The van der Waals surface area contributed by atoms with Gasteiger partial charge in [-0.3, -0.25) is 28.8 Å². The number of phenols is 1. The fourth-order valence-electron chi connectivity index (χ4n) is 8.95. The van der Waals surface area contributed by atoms with Crippen molar-refractivity contribution in [2.75, 3.05) is 25.0 Å². The number of anilines is 1. The van der Waals surface area contributed by atoms with Gasteiger partial charge in [0.2, 0.25) is 35.4 Å². The lowest BCUT2D eigenvalue weighted by molar-refractivity contribution is -0.148. The van der Waals surface area contributed by atoms with Gasteiger partial charge in [0.25, 0.3) is 0 Å². The van der Waals surface area contributed by atoms with Crippen LogP contribution < -0.4 is 31.3 Å². The van der Waals surface area contributed by atoms with Crippen LogP contribution in [0, 0.1) is 5.92 Å². The number of carbonyl (C=O) groups excluding carboxylic acids is 6. The summed E-state index contributed by atoms with van der Waals surface area (Å²) in [6, 6.07) is 0.187. The molecule has 2 aromatic carbocycles. The van der Waals surface area contributed by atoms with Crippen LogP contribution in [0.5, 0.6) is 11.5 Å². The number of aliphatic hydroxyl groups is 8. The number of benzene rings is 2. The normalized spacial score (nSPS) is 30.1. The van der Waals surface area contributed by atoms with Crippen molar-refractivity contribution in [1.82, 2.24) is 31.1 Å². The number of aromatic hydroxyl groups is 1. The van der Waals surface area contributed by atoms with Crippen LogP contribution in [0.2, 0.25) is 0 Å². The molecule has 0 aliphatic carbocycles. The number of unbranched alkanes of at least 4 members (excludes halogenated alkanes) is 5. The van der Waals surface area contributed by atoms with Crippen LogP contribution in [0.15, 0.2) is 48.5 Å². The highest BCUT2D eigenvalue weighted by atomic mass is 16.5. The summed E-state index contributed by atoms with van der Waals surface area (Å²) in [5, 5.41) is 111. The summed E-state index contributed by atoms with van der Waals surface area (Å²) in [6.07, 6.45) is -9.51. The Morgan fingerprint density at radius 1 is 0.676 bits per heavy atom. The van der Waals surface area contributed by atoms with E-state index in [0.29, 0.717) is 18.0 Å². The van der Waals surface area contributed by atoms with Crippen LogP contribution in [-0.4, -0.2) is 190 Å². The molecule has 3 heterocycles. The number of amides is 6. The van der Waals surface area contributed by atoms with Gasteiger partial charge in [0.1, 0.15) is 66.1 Å². The number of hydrogen-bond donors (Lipinski definition) is 14. The molecule has 5 rings (SSSR count). The number of phenolic OH excluding ortho intramolecular Hbond substituents is 1. The number of aliphatic hydroxyl groups excluding tert-OH is 8. The van der Waals surface area contributed by atoms with Crippen molar-refractivity contribution in [2.24, 2.45) is 5.92 Å². The van der Waals surface area contributed by atoms with E-state index >= 15 is 0 Å². The predicted molar refractivity (Wildman–Crippen MR) is 253 cm³/mol. The van der Waals surface area contributed by atoms with Crippen molar-refractivity contribution in [1.29, 1.82) is 0 Å². The summed E-state index contributed by atoms with van der Waals surface area (Å²) in [5.74, 6) is -7.50. The molecular weight excluding hydrogens is 931 g/mol. The minimum absolute atomic E-state index is 0.0506. The Bertz CT molecular complexity index is 2120. The summed E-state index contributed by atoms with van der Waals surface area (Å²) in [4.78, 5) is 87.0. The van der Waals surface area contributed by atoms with Crippen molar-refractivity contribution in [3.05, 3.63) is 54.1 Å². The lowest BCUT2D eigenvalue weighted by Gasteiger charge is -2.34. The van der Waals surface area contributed by atoms with Crippen LogP contribution >= 0.6 is 0 Å². The maximum Gasteiger partial charge on any atom is 0.248 e. The molecule has 3 aliphatic heterocycles. The minimum Gasteiger partial charge on any atom is -0.508 e. The van der Waals surface area contributed by atoms with Crippen LogP contribution in [0.3, 0.4) is 0 Å². The second kappa shape index (κ2) is 25.6. The zero-order valence-electron chi connectivity index (χ0n) is 40.3. The Morgan fingerprint density at radius 3 is 1.87 bits per heavy atom. The zero-order chi connectivity index (χ0) is 52.3. The molecule has 23 heteroatoms. The van der Waals surface area contributed by atoms with Crippen LogP contribution in [0.4, 0.5) is 5.69 Å². The number of ether oxygens (including phenoxy) is 1. The van der Waals surface area contributed by atoms with Crippen molar-refractivity contribution in [2.45, 2.75) is 164 Å². The average Bonchev–Trinajstić information content (AvgIpc) is 3.88. The molecule has 0 unspecified atom stereocenters. The third-order valence-corrected chi connectivity index (χ3v) is 13.1. The van der Waals surface area contributed by atoms with Crippen LogP contribution in [-0.2, 0) is 28.8 Å². The number of fused-ring (bicyclic) bond motifs is 2. The Balaban J connectivity index is 1.51. The SMILES string of the molecule is CCCCCCCCOc1ccc(N[C@H]2C[C@@H](O)[C@@H](O)NC(=O)[C@@H]3[C@@H](O)[C@@H](C)CN3C(=O)[C@H]([C@@H](C)O)NC(=O)[C@H]([C@H](O)[C@@H](O)c3ccc(O)cc3)NC(=O)[C@@H]3C[C@@H](O)CN3C(=O)[C@H]([C@@H](C)O)NC2=O)cc1. The Labute approximate surface area is 411 Å². The van der Waals surface area contributed by atoms with Gasteiger partial charge in [-0.1, -0.05) is 58.1 Å². The number of nitrogens with zero attached hydrogens (tertiary/aromatic N) is 2. The molecule has 394 valence electrons. The lowest BCUT2D eigenvalue weighted by atomic mass is 9.96. The van der Waals surface area contributed by atoms with Crippen molar-refractivity contribution < 1.29 is 79.5 Å². The molecule has 3 fully saturated rings. The topological polar surface area (TPSA) is 360 Å². The Hall–Kier alpha value is -5.66. The maximum atomic E-state index is 14.4. The first-order valence-electron chi connectivity index (χ1n) is 24.2. The maximum absolute atomic E-state index is 14.4. The van der Waals surface area contributed by atoms with Gasteiger partial charge in [0.15, 0.2) is 6.23 Å². The summed E-state index contributed by atoms with van der Waals surface area (Å²) in [6.45, 7) is 5.52. The predicted octanol–water partition coefficient (Wildman–Crippen LogP) is -2.41. The first-order chi connectivity index (χ1) is 33.6. The fourth-order valence-corrected chi connectivity index (χ4v) is 8.95. The molecule has 23 nitrogen and oxygen atoms in total. The summed E-state index contributed by atoms with van der Waals surface area (Å²) in [7, 11) is 0. The van der Waals surface area contributed by atoms with Gasteiger partial charge in [-0.25, -0.2) is 0 Å². The second-order valence-corrected chi connectivity index (χ2v) is 18.9. The monoisotopic (exact) mass is 1000 g/mol. The van der Waals surface area contributed by atoms with E-state index < -0.39 is 146 Å². The number of hydrogen-bond acceptors (Lipinski definition) is 17. The first-order valence-corrected chi connectivity index (χ1v) is 24.2. The Morgan fingerprint density at radius 2 is 1.25 bits per heavy atom. The highest BCUT2D eigenvalue weighted by Gasteiger charge is 2.50. The van der Waals surface area contributed by atoms with E-state index in [-0.39, 0.29) is 17.9 Å². The molecular formula is C48H71N7O16. The van der Waals surface area contributed by atoms with Crippen LogP contribution in [0.1, 0.15) is 90.7 Å².